The Bertz CT molecular complexity index is 869. The average molecular weight is 387 g/mol. The van der Waals surface area contributed by atoms with Crippen molar-refractivity contribution in [3.05, 3.63) is 54.3 Å². The molecule has 1 atom stereocenters. The second-order valence-corrected chi connectivity index (χ2v) is 7.02. The number of nitrogens with zero attached hydrogens (tertiary/aromatic N) is 2. The molecule has 1 fully saturated rings. The Morgan fingerprint density at radius 3 is 2.52 bits per heavy atom. The van der Waals surface area contributed by atoms with Crippen LogP contribution in [-0.2, 0) is 9.59 Å². The van der Waals surface area contributed by atoms with Crippen molar-refractivity contribution < 1.29 is 18.7 Å². The van der Waals surface area contributed by atoms with Gasteiger partial charge in [-0.05, 0) is 48.5 Å². The first-order chi connectivity index (χ1) is 13.0. The van der Waals surface area contributed by atoms with Crippen molar-refractivity contribution >= 4 is 40.1 Å². The van der Waals surface area contributed by atoms with Gasteiger partial charge in [-0.2, -0.15) is 0 Å². The molecule has 27 heavy (non-hydrogen) atoms. The molecular formula is C19H18FN3O3S. The number of carbonyl (C=O) groups excluding carboxylic acids is 2. The van der Waals surface area contributed by atoms with Crippen LogP contribution >= 0.6 is 11.8 Å². The zero-order chi connectivity index (χ0) is 19.4. The lowest BCUT2D eigenvalue weighted by atomic mass is 10.2. The van der Waals surface area contributed by atoms with Crippen LogP contribution in [-0.4, -0.2) is 41.3 Å². The van der Waals surface area contributed by atoms with Gasteiger partial charge in [-0.25, -0.2) is 9.38 Å². The molecule has 8 heteroatoms. The van der Waals surface area contributed by atoms with E-state index in [4.69, 9.17) is 4.74 Å². The summed E-state index contributed by atoms with van der Waals surface area (Å²) in [4.78, 5) is 30.7. The highest BCUT2D eigenvalue weighted by atomic mass is 32.2. The van der Waals surface area contributed by atoms with Crippen molar-refractivity contribution in [3.63, 3.8) is 0 Å². The molecule has 0 unspecified atom stereocenters. The molecule has 2 amide bonds. The minimum atomic E-state index is -0.615. The number of rotatable bonds is 4. The fourth-order valence-electron chi connectivity index (χ4n) is 2.42. The zero-order valence-corrected chi connectivity index (χ0v) is 15.6. The van der Waals surface area contributed by atoms with Crippen LogP contribution in [0.1, 0.15) is 6.42 Å². The summed E-state index contributed by atoms with van der Waals surface area (Å²) in [6, 6.07) is 12.6. The molecule has 2 aromatic carbocycles. The summed E-state index contributed by atoms with van der Waals surface area (Å²) < 4.78 is 18.1. The number of ether oxygens (including phenoxy) is 1. The summed E-state index contributed by atoms with van der Waals surface area (Å²) in [5.74, 6) is -0.197. The molecule has 3 rings (SSSR count). The molecular weight excluding hydrogens is 369 g/mol. The number of thioether (sulfide) groups is 1. The SMILES string of the molecule is COc1ccc(N=C2S[C@@H](C(=O)Nc3ccc(F)cc3)CC(=O)N2C)cc1. The second kappa shape index (κ2) is 8.22. The highest BCUT2D eigenvalue weighted by Gasteiger charge is 2.34. The molecule has 0 aromatic heterocycles. The van der Waals surface area contributed by atoms with E-state index in [1.807, 2.05) is 0 Å². The Labute approximate surface area is 160 Å². The van der Waals surface area contributed by atoms with Gasteiger partial charge in [0.25, 0.3) is 0 Å². The number of amides is 2. The zero-order valence-electron chi connectivity index (χ0n) is 14.8. The van der Waals surface area contributed by atoms with Gasteiger partial charge in [0.2, 0.25) is 11.8 Å². The summed E-state index contributed by atoms with van der Waals surface area (Å²) in [7, 11) is 3.21. The first-order valence-electron chi connectivity index (χ1n) is 8.18. The van der Waals surface area contributed by atoms with E-state index in [1.54, 1.807) is 38.4 Å². The quantitative estimate of drug-likeness (QED) is 0.873. The molecule has 2 aromatic rings. The smallest absolute Gasteiger partial charge is 0.238 e. The molecule has 1 N–H and O–H groups in total. The van der Waals surface area contributed by atoms with Gasteiger partial charge in [-0.1, -0.05) is 11.8 Å². The molecule has 6 nitrogen and oxygen atoms in total. The lowest BCUT2D eigenvalue weighted by Crippen LogP contribution is -2.43. The first kappa shape index (κ1) is 18.9. The number of methoxy groups -OCH3 is 1. The third-order valence-corrected chi connectivity index (χ3v) is 5.21. The van der Waals surface area contributed by atoms with Crippen LogP contribution in [0.5, 0.6) is 5.75 Å². The Balaban J connectivity index is 1.75. The number of halogens is 1. The predicted octanol–water partition coefficient (Wildman–Crippen LogP) is 3.42. The first-order valence-corrected chi connectivity index (χ1v) is 9.06. The number of hydrogen-bond donors (Lipinski definition) is 1. The largest absolute Gasteiger partial charge is 0.497 e. The summed E-state index contributed by atoms with van der Waals surface area (Å²) in [6.07, 6.45) is 0.0653. The van der Waals surface area contributed by atoms with Crippen LogP contribution in [0.15, 0.2) is 53.5 Å². The van der Waals surface area contributed by atoms with E-state index in [-0.39, 0.29) is 24.1 Å². The molecule has 140 valence electrons. The Kier molecular flexibility index (Phi) is 5.75. The average Bonchev–Trinajstić information content (AvgIpc) is 2.67. The normalized spacial score (nSPS) is 18.5. The van der Waals surface area contributed by atoms with E-state index in [0.717, 1.165) is 0 Å². The van der Waals surface area contributed by atoms with Crippen LogP contribution < -0.4 is 10.1 Å². The maximum absolute atomic E-state index is 13.0. The maximum atomic E-state index is 13.0. The molecule has 0 aliphatic carbocycles. The van der Waals surface area contributed by atoms with Gasteiger partial charge < -0.3 is 10.1 Å². The van der Waals surface area contributed by atoms with E-state index in [1.165, 1.54) is 40.9 Å². The summed E-state index contributed by atoms with van der Waals surface area (Å²) in [6.45, 7) is 0. The Morgan fingerprint density at radius 1 is 1.22 bits per heavy atom. The Hall–Kier alpha value is -2.87. The monoisotopic (exact) mass is 387 g/mol. The van der Waals surface area contributed by atoms with Crippen LogP contribution in [0.25, 0.3) is 0 Å². The van der Waals surface area contributed by atoms with Gasteiger partial charge in [-0.3, -0.25) is 14.5 Å². The summed E-state index contributed by atoms with van der Waals surface area (Å²) >= 11 is 1.22. The number of anilines is 1. The maximum Gasteiger partial charge on any atom is 0.238 e. The standard InChI is InChI=1S/C19H18FN3O3S/c1-23-17(24)11-16(18(25)21-13-5-3-12(20)4-6-13)27-19(23)22-14-7-9-15(26-2)10-8-14/h3-10,16H,11H2,1-2H3,(H,21,25)/t16-/m1/s1. The second-order valence-electron chi connectivity index (χ2n) is 5.85. The van der Waals surface area contributed by atoms with Crippen molar-refractivity contribution in [2.45, 2.75) is 11.7 Å². The minimum absolute atomic E-state index is 0.0653. The van der Waals surface area contributed by atoms with Crippen molar-refractivity contribution in [2.75, 3.05) is 19.5 Å². The molecule has 0 radical (unpaired) electrons. The lowest BCUT2D eigenvalue weighted by Gasteiger charge is -2.28. The van der Waals surface area contributed by atoms with Crippen LogP contribution in [0, 0.1) is 5.82 Å². The van der Waals surface area contributed by atoms with Gasteiger partial charge in [0.15, 0.2) is 5.17 Å². The van der Waals surface area contributed by atoms with E-state index in [9.17, 15) is 14.0 Å². The number of nitrogens with one attached hydrogen (secondary N) is 1. The highest BCUT2D eigenvalue weighted by molar-refractivity contribution is 8.15. The van der Waals surface area contributed by atoms with Crippen molar-refractivity contribution in [3.8, 4) is 5.75 Å². The topological polar surface area (TPSA) is 71.0 Å². The lowest BCUT2D eigenvalue weighted by molar-refractivity contribution is -0.128. The number of benzene rings is 2. The third-order valence-electron chi connectivity index (χ3n) is 3.97. The van der Waals surface area contributed by atoms with Gasteiger partial charge in [0, 0.05) is 19.2 Å². The van der Waals surface area contributed by atoms with Crippen molar-refractivity contribution in [2.24, 2.45) is 4.99 Å². The molecule has 0 bridgehead atoms. The number of hydrogen-bond acceptors (Lipinski definition) is 5. The predicted molar refractivity (Wildman–Crippen MR) is 104 cm³/mol. The van der Waals surface area contributed by atoms with Crippen LogP contribution in [0.3, 0.4) is 0 Å². The van der Waals surface area contributed by atoms with E-state index >= 15 is 0 Å². The molecule has 0 saturated carbocycles. The molecule has 1 saturated heterocycles. The van der Waals surface area contributed by atoms with Gasteiger partial charge >= 0.3 is 0 Å². The highest BCUT2D eigenvalue weighted by Crippen LogP contribution is 2.29. The van der Waals surface area contributed by atoms with Crippen molar-refractivity contribution in [1.29, 1.82) is 0 Å². The molecule has 1 aliphatic heterocycles. The number of aliphatic imine (C=N–C) groups is 1. The summed E-state index contributed by atoms with van der Waals surface area (Å²) in [5, 5.41) is 2.53. The van der Waals surface area contributed by atoms with E-state index in [2.05, 4.69) is 10.3 Å². The molecule has 0 spiro atoms. The van der Waals surface area contributed by atoms with E-state index < -0.39 is 5.25 Å². The van der Waals surface area contributed by atoms with E-state index in [0.29, 0.717) is 22.3 Å². The fourth-order valence-corrected chi connectivity index (χ4v) is 3.49. The number of amidine groups is 1. The fraction of sp³-hybridized carbons (Fsp3) is 0.211. The van der Waals surface area contributed by atoms with Gasteiger partial charge in [-0.15, -0.1) is 0 Å². The summed E-state index contributed by atoms with van der Waals surface area (Å²) in [5.41, 5.74) is 1.12. The number of carbonyl (C=O) groups is 2. The van der Waals surface area contributed by atoms with Crippen LogP contribution in [0.2, 0.25) is 0 Å². The Morgan fingerprint density at radius 2 is 1.89 bits per heavy atom. The minimum Gasteiger partial charge on any atom is -0.497 e. The van der Waals surface area contributed by atoms with Crippen LogP contribution in [0.4, 0.5) is 15.8 Å². The molecule has 1 aliphatic rings. The third kappa shape index (κ3) is 4.65. The van der Waals surface area contributed by atoms with Gasteiger partial charge in [0.05, 0.1) is 12.8 Å². The van der Waals surface area contributed by atoms with Gasteiger partial charge in [0.1, 0.15) is 16.8 Å². The molecule has 1 heterocycles. The van der Waals surface area contributed by atoms with Crippen molar-refractivity contribution in [1.82, 2.24) is 4.90 Å².